The van der Waals surface area contributed by atoms with Crippen LogP contribution in [0.3, 0.4) is 0 Å². The fourth-order valence-electron chi connectivity index (χ4n) is 2.56. The van der Waals surface area contributed by atoms with Crippen LogP contribution >= 0.6 is 0 Å². The average molecular weight is 276 g/mol. The standard InChI is InChI=1S/C13H28N2O2S/c1-10(2)14-11-7-6-8-12(9-11)18(16,17)15-13(3,4)5/h10-12,14-15H,6-9H2,1-5H3. The Kier molecular flexibility index (Phi) is 5.21. The third-order valence-corrected chi connectivity index (χ3v) is 5.29. The van der Waals surface area contributed by atoms with Gasteiger partial charge in [0.1, 0.15) is 0 Å². The lowest BCUT2D eigenvalue weighted by Crippen LogP contribution is -2.49. The summed E-state index contributed by atoms with van der Waals surface area (Å²) >= 11 is 0. The summed E-state index contributed by atoms with van der Waals surface area (Å²) in [6.45, 7) is 9.86. The minimum absolute atomic E-state index is 0.248. The van der Waals surface area contributed by atoms with Crippen LogP contribution in [0.5, 0.6) is 0 Å². The smallest absolute Gasteiger partial charge is 0.215 e. The summed E-state index contributed by atoms with van der Waals surface area (Å²) in [5, 5.41) is 3.21. The molecule has 2 atom stereocenters. The maximum Gasteiger partial charge on any atom is 0.215 e. The van der Waals surface area contributed by atoms with E-state index >= 15 is 0 Å². The van der Waals surface area contributed by atoms with Gasteiger partial charge in [-0.15, -0.1) is 0 Å². The van der Waals surface area contributed by atoms with Crippen LogP contribution in [-0.2, 0) is 10.0 Å². The van der Waals surface area contributed by atoms with Gasteiger partial charge in [-0.3, -0.25) is 0 Å². The lowest BCUT2D eigenvalue weighted by molar-refractivity contribution is 0.347. The molecule has 2 unspecified atom stereocenters. The molecule has 108 valence electrons. The molecule has 1 saturated carbocycles. The van der Waals surface area contributed by atoms with Crippen LogP contribution in [0.25, 0.3) is 0 Å². The Morgan fingerprint density at radius 3 is 2.28 bits per heavy atom. The molecular formula is C13H28N2O2S. The molecule has 0 aromatic rings. The molecule has 0 aromatic heterocycles. The first-order valence-electron chi connectivity index (χ1n) is 6.89. The molecule has 2 N–H and O–H groups in total. The second-order valence-corrected chi connectivity index (χ2v) is 8.66. The number of rotatable bonds is 4. The molecule has 0 amide bonds. The second kappa shape index (κ2) is 5.88. The van der Waals surface area contributed by atoms with Gasteiger partial charge in [-0.25, -0.2) is 13.1 Å². The monoisotopic (exact) mass is 276 g/mol. The van der Waals surface area contributed by atoms with Crippen LogP contribution in [-0.4, -0.2) is 31.3 Å². The van der Waals surface area contributed by atoms with Crippen LogP contribution in [0.4, 0.5) is 0 Å². The average Bonchev–Trinajstić information content (AvgIpc) is 2.13. The van der Waals surface area contributed by atoms with Gasteiger partial charge in [0, 0.05) is 17.6 Å². The molecule has 0 heterocycles. The Morgan fingerprint density at radius 2 is 1.78 bits per heavy atom. The highest BCUT2D eigenvalue weighted by Crippen LogP contribution is 2.25. The Balaban J connectivity index is 2.66. The van der Waals surface area contributed by atoms with Gasteiger partial charge in [-0.2, -0.15) is 0 Å². The summed E-state index contributed by atoms with van der Waals surface area (Å²) in [5.74, 6) is 0. The largest absolute Gasteiger partial charge is 0.312 e. The van der Waals surface area contributed by atoms with E-state index in [0.29, 0.717) is 12.1 Å². The number of hydrogen-bond acceptors (Lipinski definition) is 3. The first-order chi connectivity index (χ1) is 8.10. The van der Waals surface area contributed by atoms with Gasteiger partial charge in [-0.05, 0) is 40.0 Å². The Hall–Kier alpha value is -0.130. The Morgan fingerprint density at radius 1 is 1.17 bits per heavy atom. The topological polar surface area (TPSA) is 58.2 Å². The predicted octanol–water partition coefficient (Wildman–Crippen LogP) is 2.01. The third-order valence-electron chi connectivity index (χ3n) is 3.08. The lowest BCUT2D eigenvalue weighted by Gasteiger charge is -2.33. The maximum atomic E-state index is 12.3. The minimum Gasteiger partial charge on any atom is -0.312 e. The highest BCUT2D eigenvalue weighted by atomic mass is 32.2. The van der Waals surface area contributed by atoms with Crippen molar-refractivity contribution in [3.8, 4) is 0 Å². The highest BCUT2D eigenvalue weighted by molar-refractivity contribution is 7.90. The van der Waals surface area contributed by atoms with Gasteiger partial charge >= 0.3 is 0 Å². The summed E-state index contributed by atoms with van der Waals surface area (Å²) in [6, 6.07) is 0.743. The summed E-state index contributed by atoms with van der Waals surface area (Å²) in [7, 11) is -3.20. The van der Waals surface area contributed by atoms with Gasteiger partial charge in [0.2, 0.25) is 10.0 Å². The van der Waals surface area contributed by atoms with Gasteiger partial charge in [0.05, 0.1) is 5.25 Å². The van der Waals surface area contributed by atoms with Crippen LogP contribution in [0.2, 0.25) is 0 Å². The van der Waals surface area contributed by atoms with E-state index in [9.17, 15) is 8.42 Å². The molecule has 4 nitrogen and oxygen atoms in total. The number of sulfonamides is 1. The molecule has 1 aliphatic rings. The van der Waals surface area contributed by atoms with E-state index in [4.69, 9.17) is 0 Å². The van der Waals surface area contributed by atoms with Crippen molar-refractivity contribution in [1.82, 2.24) is 10.0 Å². The fraction of sp³-hybridized carbons (Fsp3) is 1.00. The molecule has 5 heteroatoms. The highest BCUT2D eigenvalue weighted by Gasteiger charge is 2.33. The van der Waals surface area contributed by atoms with Crippen LogP contribution in [0, 0.1) is 0 Å². The van der Waals surface area contributed by atoms with Crippen molar-refractivity contribution in [3.63, 3.8) is 0 Å². The Bertz CT molecular complexity index is 358. The first kappa shape index (κ1) is 15.9. The zero-order valence-corrected chi connectivity index (χ0v) is 13.1. The molecule has 0 spiro atoms. The van der Waals surface area contributed by atoms with Crippen LogP contribution in [0.1, 0.15) is 60.3 Å². The van der Waals surface area contributed by atoms with E-state index in [0.717, 1.165) is 25.7 Å². The van der Waals surface area contributed by atoms with Crippen molar-refractivity contribution in [2.45, 2.75) is 83.2 Å². The molecule has 0 aromatic carbocycles. The van der Waals surface area contributed by atoms with Crippen molar-refractivity contribution in [2.24, 2.45) is 0 Å². The van der Waals surface area contributed by atoms with Gasteiger partial charge in [0.25, 0.3) is 0 Å². The van der Waals surface area contributed by atoms with Gasteiger partial charge in [-0.1, -0.05) is 20.3 Å². The molecule has 1 aliphatic carbocycles. The normalized spacial score (nSPS) is 26.6. The molecule has 1 rings (SSSR count). The summed E-state index contributed by atoms with van der Waals surface area (Å²) in [4.78, 5) is 0. The van der Waals surface area contributed by atoms with E-state index in [-0.39, 0.29) is 5.25 Å². The van der Waals surface area contributed by atoms with Crippen molar-refractivity contribution >= 4 is 10.0 Å². The van der Waals surface area contributed by atoms with E-state index in [1.54, 1.807) is 0 Å². The van der Waals surface area contributed by atoms with Crippen LogP contribution in [0.15, 0.2) is 0 Å². The summed E-state index contributed by atoms with van der Waals surface area (Å²) in [6.07, 6.45) is 3.57. The van der Waals surface area contributed by atoms with Crippen molar-refractivity contribution in [1.29, 1.82) is 0 Å². The zero-order valence-electron chi connectivity index (χ0n) is 12.3. The van der Waals surface area contributed by atoms with Gasteiger partial charge < -0.3 is 5.32 Å². The van der Waals surface area contributed by atoms with E-state index in [1.165, 1.54) is 0 Å². The molecule has 1 fully saturated rings. The first-order valence-corrected chi connectivity index (χ1v) is 8.43. The van der Waals surface area contributed by atoms with E-state index in [2.05, 4.69) is 23.9 Å². The molecule has 18 heavy (non-hydrogen) atoms. The zero-order chi connectivity index (χ0) is 14.0. The molecule has 0 radical (unpaired) electrons. The molecule has 0 aliphatic heterocycles. The molecular weight excluding hydrogens is 248 g/mol. The van der Waals surface area contributed by atoms with Crippen molar-refractivity contribution < 1.29 is 8.42 Å². The second-order valence-electron chi connectivity index (χ2n) is 6.70. The van der Waals surface area contributed by atoms with Crippen molar-refractivity contribution in [3.05, 3.63) is 0 Å². The fourth-order valence-corrected chi connectivity index (χ4v) is 4.54. The lowest BCUT2D eigenvalue weighted by atomic mass is 9.94. The maximum absolute atomic E-state index is 12.3. The van der Waals surface area contributed by atoms with Crippen LogP contribution < -0.4 is 10.0 Å². The third kappa shape index (κ3) is 5.24. The number of hydrogen-bond donors (Lipinski definition) is 2. The quantitative estimate of drug-likeness (QED) is 0.826. The van der Waals surface area contributed by atoms with Crippen molar-refractivity contribution in [2.75, 3.05) is 0 Å². The number of nitrogens with one attached hydrogen (secondary N) is 2. The summed E-state index contributed by atoms with van der Waals surface area (Å²) in [5.41, 5.74) is -0.392. The van der Waals surface area contributed by atoms with E-state index < -0.39 is 15.6 Å². The molecule has 0 saturated heterocycles. The summed E-state index contributed by atoms with van der Waals surface area (Å²) < 4.78 is 27.4. The van der Waals surface area contributed by atoms with Gasteiger partial charge in [0.15, 0.2) is 0 Å². The Labute approximate surface area is 112 Å². The molecule has 0 bridgehead atoms. The van der Waals surface area contributed by atoms with E-state index in [1.807, 2.05) is 20.8 Å². The predicted molar refractivity (Wildman–Crippen MR) is 76.1 cm³/mol. The minimum atomic E-state index is -3.20. The SMILES string of the molecule is CC(C)NC1CCCC(S(=O)(=O)NC(C)(C)C)C1.